The van der Waals surface area contributed by atoms with Crippen molar-refractivity contribution in [3.8, 4) is 0 Å². The highest BCUT2D eigenvalue weighted by Gasteiger charge is 2.05. The summed E-state index contributed by atoms with van der Waals surface area (Å²) < 4.78 is 0. The minimum Gasteiger partial charge on any atom is -0.304 e. The molecule has 0 aliphatic heterocycles. The van der Waals surface area contributed by atoms with E-state index >= 15 is 0 Å². The second kappa shape index (κ2) is 4.22. The third-order valence-electron chi connectivity index (χ3n) is 2.22. The SMILES string of the molecule is CCc1cccc(C(=N)C(C)C)c1. The average molecular weight is 175 g/mol. The van der Waals surface area contributed by atoms with Crippen molar-refractivity contribution in [2.75, 3.05) is 0 Å². The summed E-state index contributed by atoms with van der Waals surface area (Å²) in [6.07, 6.45) is 1.04. The molecular weight excluding hydrogens is 158 g/mol. The van der Waals surface area contributed by atoms with Gasteiger partial charge in [0.1, 0.15) is 0 Å². The van der Waals surface area contributed by atoms with Crippen molar-refractivity contribution in [3.05, 3.63) is 35.4 Å². The van der Waals surface area contributed by atoms with Gasteiger partial charge >= 0.3 is 0 Å². The van der Waals surface area contributed by atoms with Gasteiger partial charge in [0.15, 0.2) is 0 Å². The Hall–Kier alpha value is -1.11. The molecule has 0 saturated heterocycles. The van der Waals surface area contributed by atoms with Crippen LogP contribution >= 0.6 is 0 Å². The molecule has 0 aliphatic carbocycles. The Bertz CT molecular complexity index is 300. The van der Waals surface area contributed by atoms with Gasteiger partial charge in [0, 0.05) is 5.71 Å². The van der Waals surface area contributed by atoms with E-state index in [4.69, 9.17) is 5.41 Å². The molecule has 0 aliphatic rings. The molecule has 0 radical (unpaired) electrons. The third-order valence-corrected chi connectivity index (χ3v) is 2.22. The van der Waals surface area contributed by atoms with Crippen LogP contribution < -0.4 is 0 Å². The normalized spacial score (nSPS) is 10.5. The van der Waals surface area contributed by atoms with Gasteiger partial charge in [0.05, 0.1) is 0 Å². The number of nitrogens with one attached hydrogen (secondary N) is 1. The largest absolute Gasteiger partial charge is 0.304 e. The second-order valence-electron chi connectivity index (χ2n) is 3.62. The van der Waals surface area contributed by atoms with E-state index in [0.717, 1.165) is 17.7 Å². The zero-order valence-electron chi connectivity index (χ0n) is 8.59. The second-order valence-corrected chi connectivity index (χ2v) is 3.62. The lowest BCUT2D eigenvalue weighted by Crippen LogP contribution is -2.07. The molecule has 0 fully saturated rings. The van der Waals surface area contributed by atoms with Gasteiger partial charge in [-0.1, -0.05) is 39.0 Å². The Labute approximate surface area is 80.3 Å². The van der Waals surface area contributed by atoms with Crippen LogP contribution in [0, 0.1) is 11.3 Å². The molecule has 0 heterocycles. The van der Waals surface area contributed by atoms with Crippen LogP contribution in [0.1, 0.15) is 31.9 Å². The number of aryl methyl sites for hydroxylation is 1. The predicted octanol–water partition coefficient (Wildman–Crippen LogP) is 3.27. The number of benzene rings is 1. The lowest BCUT2D eigenvalue weighted by Gasteiger charge is -2.08. The van der Waals surface area contributed by atoms with Gasteiger partial charge in [0.2, 0.25) is 0 Å². The van der Waals surface area contributed by atoms with Crippen LogP contribution in [0.2, 0.25) is 0 Å². The van der Waals surface area contributed by atoms with Crippen molar-refractivity contribution >= 4 is 5.71 Å². The molecule has 0 amide bonds. The lowest BCUT2D eigenvalue weighted by molar-refractivity contribution is 0.877. The molecule has 0 aromatic heterocycles. The molecule has 1 N–H and O–H groups in total. The Morgan fingerprint density at radius 1 is 1.38 bits per heavy atom. The first kappa shape index (κ1) is 9.97. The number of hydrogen-bond acceptors (Lipinski definition) is 1. The summed E-state index contributed by atoms with van der Waals surface area (Å²) in [4.78, 5) is 0. The molecule has 0 unspecified atom stereocenters. The Morgan fingerprint density at radius 3 is 2.62 bits per heavy atom. The van der Waals surface area contributed by atoms with Crippen molar-refractivity contribution in [1.82, 2.24) is 0 Å². The first-order valence-electron chi connectivity index (χ1n) is 4.83. The summed E-state index contributed by atoms with van der Waals surface area (Å²) in [7, 11) is 0. The van der Waals surface area contributed by atoms with E-state index in [0.29, 0.717) is 5.92 Å². The zero-order chi connectivity index (χ0) is 9.84. The van der Waals surface area contributed by atoms with Crippen LogP contribution in [0.15, 0.2) is 24.3 Å². The van der Waals surface area contributed by atoms with Crippen LogP contribution in [-0.4, -0.2) is 5.71 Å². The first-order chi connectivity index (χ1) is 6.15. The molecule has 13 heavy (non-hydrogen) atoms. The maximum atomic E-state index is 7.86. The van der Waals surface area contributed by atoms with Crippen LogP contribution in [-0.2, 0) is 6.42 Å². The van der Waals surface area contributed by atoms with Crippen molar-refractivity contribution in [2.24, 2.45) is 5.92 Å². The summed E-state index contributed by atoms with van der Waals surface area (Å²) >= 11 is 0. The highest BCUT2D eigenvalue weighted by atomic mass is 14.4. The quantitative estimate of drug-likeness (QED) is 0.682. The molecule has 1 nitrogen and oxygen atoms in total. The van der Waals surface area contributed by atoms with Gasteiger partial charge in [-0.15, -0.1) is 0 Å². The van der Waals surface area contributed by atoms with Crippen molar-refractivity contribution in [2.45, 2.75) is 27.2 Å². The lowest BCUT2D eigenvalue weighted by atomic mass is 9.98. The smallest absolute Gasteiger partial charge is 0.0411 e. The predicted molar refractivity (Wildman–Crippen MR) is 57.5 cm³/mol. The van der Waals surface area contributed by atoms with E-state index < -0.39 is 0 Å². The van der Waals surface area contributed by atoms with Crippen LogP contribution in [0.5, 0.6) is 0 Å². The number of rotatable bonds is 3. The van der Waals surface area contributed by atoms with Gasteiger partial charge in [-0.2, -0.15) is 0 Å². The highest BCUT2D eigenvalue weighted by Crippen LogP contribution is 2.10. The molecule has 0 bridgehead atoms. The van der Waals surface area contributed by atoms with E-state index in [1.165, 1.54) is 5.56 Å². The standard InChI is InChI=1S/C12H17N/c1-4-10-6-5-7-11(8-10)12(13)9(2)3/h5-9,13H,4H2,1-3H3. The van der Waals surface area contributed by atoms with Gasteiger partial charge < -0.3 is 5.41 Å². The van der Waals surface area contributed by atoms with Gasteiger partial charge in [-0.05, 0) is 29.5 Å². The third kappa shape index (κ3) is 2.41. The highest BCUT2D eigenvalue weighted by molar-refractivity contribution is 5.99. The topological polar surface area (TPSA) is 23.9 Å². The van der Waals surface area contributed by atoms with Gasteiger partial charge in [-0.3, -0.25) is 0 Å². The number of hydrogen-bond donors (Lipinski definition) is 1. The average Bonchev–Trinajstić information content (AvgIpc) is 2.16. The van der Waals surface area contributed by atoms with E-state index in [2.05, 4.69) is 32.9 Å². The Morgan fingerprint density at radius 2 is 2.08 bits per heavy atom. The molecule has 0 atom stereocenters. The molecule has 1 aromatic carbocycles. The maximum absolute atomic E-state index is 7.86. The molecular formula is C12H17N. The van der Waals surface area contributed by atoms with E-state index in [1.807, 2.05) is 12.1 Å². The van der Waals surface area contributed by atoms with E-state index in [9.17, 15) is 0 Å². The first-order valence-corrected chi connectivity index (χ1v) is 4.83. The van der Waals surface area contributed by atoms with Crippen LogP contribution in [0.3, 0.4) is 0 Å². The molecule has 1 heteroatoms. The van der Waals surface area contributed by atoms with Gasteiger partial charge in [0.25, 0.3) is 0 Å². The Balaban J connectivity index is 2.95. The monoisotopic (exact) mass is 175 g/mol. The fourth-order valence-electron chi connectivity index (χ4n) is 1.29. The Kier molecular flexibility index (Phi) is 3.24. The zero-order valence-corrected chi connectivity index (χ0v) is 8.59. The molecule has 1 rings (SSSR count). The summed E-state index contributed by atoms with van der Waals surface area (Å²) in [5.41, 5.74) is 3.10. The van der Waals surface area contributed by atoms with Crippen LogP contribution in [0.25, 0.3) is 0 Å². The minimum absolute atomic E-state index is 0.312. The maximum Gasteiger partial charge on any atom is 0.0411 e. The summed E-state index contributed by atoms with van der Waals surface area (Å²) in [5, 5.41) is 7.86. The van der Waals surface area contributed by atoms with Crippen molar-refractivity contribution in [1.29, 1.82) is 5.41 Å². The fraction of sp³-hybridized carbons (Fsp3) is 0.417. The molecule has 0 spiro atoms. The van der Waals surface area contributed by atoms with E-state index in [1.54, 1.807) is 0 Å². The fourth-order valence-corrected chi connectivity index (χ4v) is 1.29. The molecule has 0 saturated carbocycles. The summed E-state index contributed by atoms with van der Waals surface area (Å²) in [5.74, 6) is 0.312. The van der Waals surface area contributed by atoms with Crippen molar-refractivity contribution < 1.29 is 0 Å². The van der Waals surface area contributed by atoms with Crippen molar-refractivity contribution in [3.63, 3.8) is 0 Å². The minimum atomic E-state index is 0.312. The van der Waals surface area contributed by atoms with Gasteiger partial charge in [-0.25, -0.2) is 0 Å². The summed E-state index contributed by atoms with van der Waals surface area (Å²) in [6, 6.07) is 8.27. The molecule has 70 valence electrons. The molecule has 1 aromatic rings. The van der Waals surface area contributed by atoms with Crippen LogP contribution in [0.4, 0.5) is 0 Å². The van der Waals surface area contributed by atoms with E-state index in [-0.39, 0.29) is 0 Å². The summed E-state index contributed by atoms with van der Waals surface area (Å²) in [6.45, 7) is 6.25.